The minimum absolute atomic E-state index is 0.157. The van der Waals surface area contributed by atoms with Crippen molar-refractivity contribution in [3.63, 3.8) is 0 Å². The molecule has 0 saturated carbocycles. The zero-order chi connectivity index (χ0) is 11.3. The smallest absolute Gasteiger partial charge is 0.223 e. The van der Waals surface area contributed by atoms with Crippen molar-refractivity contribution in [1.82, 2.24) is 4.90 Å². The van der Waals surface area contributed by atoms with E-state index in [4.69, 9.17) is 0 Å². The van der Waals surface area contributed by atoms with Gasteiger partial charge in [-0.05, 0) is 18.2 Å². The highest BCUT2D eigenvalue weighted by Gasteiger charge is 2.06. The first-order valence-electron chi connectivity index (χ1n) is 4.98. The Morgan fingerprint density at radius 1 is 1.27 bits per heavy atom. The van der Waals surface area contributed by atoms with Gasteiger partial charge >= 0.3 is 0 Å². The standard InChI is InChI=1S/C12H17N2O/c1-13(2)12(15)9-10-14(3)11-7-5-4-6-8-11/h5-8H,9-10H2,1-3H3. The SMILES string of the molecule is CN(C)C(=O)CCN(C)c1cc[c]cc1. The summed E-state index contributed by atoms with van der Waals surface area (Å²) in [4.78, 5) is 15.1. The lowest BCUT2D eigenvalue weighted by Crippen LogP contribution is -2.27. The highest BCUT2D eigenvalue weighted by Crippen LogP contribution is 2.10. The number of anilines is 1. The zero-order valence-electron chi connectivity index (χ0n) is 9.53. The number of amides is 1. The number of benzene rings is 1. The number of rotatable bonds is 4. The second-order valence-corrected chi connectivity index (χ2v) is 3.72. The van der Waals surface area contributed by atoms with Gasteiger partial charge in [0, 0.05) is 39.8 Å². The van der Waals surface area contributed by atoms with Gasteiger partial charge in [0.1, 0.15) is 0 Å². The van der Waals surface area contributed by atoms with Crippen LogP contribution in [0.15, 0.2) is 24.3 Å². The molecule has 15 heavy (non-hydrogen) atoms. The molecule has 0 heterocycles. The number of carbonyl (C=O) groups is 1. The molecule has 0 spiro atoms. The van der Waals surface area contributed by atoms with Crippen molar-refractivity contribution in [2.24, 2.45) is 0 Å². The minimum Gasteiger partial charge on any atom is -0.374 e. The summed E-state index contributed by atoms with van der Waals surface area (Å²) in [5, 5.41) is 0. The van der Waals surface area contributed by atoms with Gasteiger partial charge in [-0.1, -0.05) is 12.1 Å². The average Bonchev–Trinajstić information content (AvgIpc) is 2.26. The highest BCUT2D eigenvalue weighted by atomic mass is 16.2. The molecule has 1 radical (unpaired) electrons. The summed E-state index contributed by atoms with van der Waals surface area (Å²) in [7, 11) is 5.54. The molecular formula is C12H17N2O. The summed E-state index contributed by atoms with van der Waals surface area (Å²) in [6.07, 6.45) is 0.544. The Kier molecular flexibility index (Phi) is 4.16. The Morgan fingerprint density at radius 2 is 1.87 bits per heavy atom. The fourth-order valence-electron chi connectivity index (χ4n) is 1.25. The molecule has 81 valence electrons. The Labute approximate surface area is 91.3 Å². The maximum atomic E-state index is 11.4. The van der Waals surface area contributed by atoms with Crippen LogP contribution in [0.5, 0.6) is 0 Å². The molecule has 0 saturated heterocycles. The highest BCUT2D eigenvalue weighted by molar-refractivity contribution is 5.76. The molecule has 0 atom stereocenters. The van der Waals surface area contributed by atoms with E-state index >= 15 is 0 Å². The fourth-order valence-corrected chi connectivity index (χ4v) is 1.25. The van der Waals surface area contributed by atoms with Gasteiger partial charge in [0.25, 0.3) is 0 Å². The van der Waals surface area contributed by atoms with Crippen molar-refractivity contribution in [1.29, 1.82) is 0 Å². The van der Waals surface area contributed by atoms with Crippen LogP contribution in [-0.2, 0) is 4.79 Å². The number of hydrogen-bond acceptors (Lipinski definition) is 2. The first kappa shape index (κ1) is 11.6. The van der Waals surface area contributed by atoms with Crippen molar-refractivity contribution >= 4 is 11.6 Å². The van der Waals surface area contributed by atoms with Crippen LogP contribution in [0.2, 0.25) is 0 Å². The molecule has 0 bridgehead atoms. The first-order valence-corrected chi connectivity index (χ1v) is 4.98. The Hall–Kier alpha value is -1.51. The van der Waals surface area contributed by atoms with E-state index in [0.29, 0.717) is 6.42 Å². The van der Waals surface area contributed by atoms with E-state index in [1.165, 1.54) is 0 Å². The van der Waals surface area contributed by atoms with E-state index < -0.39 is 0 Å². The predicted octanol–water partition coefficient (Wildman–Crippen LogP) is 1.40. The molecule has 1 rings (SSSR count). The Bertz CT molecular complexity index is 309. The van der Waals surface area contributed by atoms with Crippen LogP contribution in [0.3, 0.4) is 0 Å². The van der Waals surface area contributed by atoms with Gasteiger partial charge in [0.05, 0.1) is 0 Å². The lowest BCUT2D eigenvalue weighted by Gasteiger charge is -2.19. The molecule has 0 unspecified atom stereocenters. The van der Waals surface area contributed by atoms with E-state index in [0.717, 1.165) is 12.2 Å². The molecule has 0 aliphatic rings. The van der Waals surface area contributed by atoms with E-state index in [-0.39, 0.29) is 5.91 Å². The summed E-state index contributed by atoms with van der Waals surface area (Å²) in [6.45, 7) is 0.737. The summed E-state index contributed by atoms with van der Waals surface area (Å²) in [5.74, 6) is 0.157. The summed E-state index contributed by atoms with van der Waals surface area (Å²) in [5.41, 5.74) is 1.11. The van der Waals surface area contributed by atoms with Crippen molar-refractivity contribution in [2.45, 2.75) is 6.42 Å². The third-order valence-corrected chi connectivity index (χ3v) is 2.30. The molecule has 1 amide bonds. The average molecular weight is 205 g/mol. The van der Waals surface area contributed by atoms with E-state index in [2.05, 4.69) is 11.0 Å². The third-order valence-electron chi connectivity index (χ3n) is 2.30. The van der Waals surface area contributed by atoms with Gasteiger partial charge in [0.2, 0.25) is 5.91 Å². The molecule has 3 nitrogen and oxygen atoms in total. The van der Waals surface area contributed by atoms with Crippen LogP contribution in [0, 0.1) is 6.07 Å². The summed E-state index contributed by atoms with van der Waals surface area (Å²) < 4.78 is 0. The molecule has 0 aliphatic heterocycles. The summed E-state index contributed by atoms with van der Waals surface area (Å²) in [6, 6.07) is 10.7. The van der Waals surface area contributed by atoms with Crippen LogP contribution < -0.4 is 4.90 Å². The van der Waals surface area contributed by atoms with Crippen LogP contribution in [0.4, 0.5) is 5.69 Å². The van der Waals surface area contributed by atoms with Gasteiger partial charge in [-0.3, -0.25) is 4.79 Å². The third kappa shape index (κ3) is 3.62. The molecule has 1 aromatic rings. The molecule has 1 aromatic carbocycles. The normalized spacial score (nSPS) is 9.80. The number of carbonyl (C=O) groups excluding carboxylic acids is 1. The van der Waals surface area contributed by atoms with Gasteiger partial charge in [-0.15, -0.1) is 0 Å². The lowest BCUT2D eigenvalue weighted by atomic mass is 10.3. The van der Waals surface area contributed by atoms with Crippen molar-refractivity contribution in [3.8, 4) is 0 Å². The minimum atomic E-state index is 0.157. The van der Waals surface area contributed by atoms with Crippen molar-refractivity contribution < 1.29 is 4.79 Å². The molecule has 0 N–H and O–H groups in total. The van der Waals surface area contributed by atoms with Crippen LogP contribution in [-0.4, -0.2) is 38.5 Å². The molecule has 3 heteroatoms. The van der Waals surface area contributed by atoms with E-state index in [9.17, 15) is 4.79 Å². The van der Waals surface area contributed by atoms with Gasteiger partial charge in [0.15, 0.2) is 0 Å². The Balaban J connectivity index is 2.44. The maximum Gasteiger partial charge on any atom is 0.223 e. The largest absolute Gasteiger partial charge is 0.374 e. The first-order chi connectivity index (χ1) is 7.11. The van der Waals surface area contributed by atoms with E-state index in [1.54, 1.807) is 19.0 Å². The quantitative estimate of drug-likeness (QED) is 0.742. The molecule has 0 aromatic heterocycles. The number of nitrogens with zero attached hydrogens (tertiary/aromatic N) is 2. The molecule has 0 aliphatic carbocycles. The van der Waals surface area contributed by atoms with Crippen LogP contribution >= 0.6 is 0 Å². The van der Waals surface area contributed by atoms with Crippen molar-refractivity contribution in [2.75, 3.05) is 32.6 Å². The predicted molar refractivity (Wildman–Crippen MR) is 61.9 cm³/mol. The molecular weight excluding hydrogens is 188 g/mol. The fraction of sp³-hybridized carbons (Fsp3) is 0.417. The van der Waals surface area contributed by atoms with Gasteiger partial charge < -0.3 is 9.80 Å². The summed E-state index contributed by atoms with van der Waals surface area (Å²) >= 11 is 0. The van der Waals surface area contributed by atoms with Crippen molar-refractivity contribution in [3.05, 3.63) is 30.3 Å². The monoisotopic (exact) mass is 205 g/mol. The van der Waals surface area contributed by atoms with Gasteiger partial charge in [-0.25, -0.2) is 0 Å². The second kappa shape index (κ2) is 5.39. The lowest BCUT2D eigenvalue weighted by molar-refractivity contribution is -0.128. The molecule has 0 fully saturated rings. The Morgan fingerprint density at radius 3 is 2.40 bits per heavy atom. The van der Waals surface area contributed by atoms with Crippen LogP contribution in [0.1, 0.15) is 6.42 Å². The second-order valence-electron chi connectivity index (χ2n) is 3.72. The maximum absolute atomic E-state index is 11.4. The number of hydrogen-bond donors (Lipinski definition) is 0. The topological polar surface area (TPSA) is 23.6 Å². The van der Waals surface area contributed by atoms with E-state index in [1.807, 2.05) is 31.3 Å². The zero-order valence-corrected chi connectivity index (χ0v) is 9.53. The van der Waals surface area contributed by atoms with Crippen LogP contribution in [0.25, 0.3) is 0 Å². The van der Waals surface area contributed by atoms with Gasteiger partial charge in [-0.2, -0.15) is 0 Å².